The first-order valence-corrected chi connectivity index (χ1v) is 6.93. The summed E-state index contributed by atoms with van der Waals surface area (Å²) < 4.78 is 5.45. The predicted molar refractivity (Wildman–Crippen MR) is 71.1 cm³/mol. The Balaban J connectivity index is 2.05. The summed E-state index contributed by atoms with van der Waals surface area (Å²) in [7, 11) is 0. The first-order chi connectivity index (χ1) is 8.59. The van der Waals surface area contributed by atoms with E-state index >= 15 is 0 Å². The number of hydrogen-bond acceptors (Lipinski definition) is 5. The van der Waals surface area contributed by atoms with Crippen LogP contribution in [0.1, 0.15) is 35.8 Å². The Hall–Kier alpha value is -0.980. The zero-order valence-corrected chi connectivity index (χ0v) is 11.6. The quantitative estimate of drug-likeness (QED) is 0.673. The SMILES string of the molecule is CC(C)CCOCCNCc1csc(C(=O)O)n1. The second-order valence-corrected chi connectivity index (χ2v) is 5.28. The van der Waals surface area contributed by atoms with Crippen molar-refractivity contribution in [3.8, 4) is 0 Å². The molecule has 1 heterocycles. The van der Waals surface area contributed by atoms with Gasteiger partial charge in [-0.3, -0.25) is 0 Å². The van der Waals surface area contributed by atoms with Crippen molar-refractivity contribution >= 4 is 17.3 Å². The molecule has 18 heavy (non-hydrogen) atoms. The fraction of sp³-hybridized carbons (Fsp3) is 0.667. The van der Waals surface area contributed by atoms with Crippen molar-refractivity contribution in [2.75, 3.05) is 19.8 Å². The molecular weight excluding hydrogens is 252 g/mol. The second-order valence-electron chi connectivity index (χ2n) is 4.42. The fourth-order valence-electron chi connectivity index (χ4n) is 1.27. The Bertz CT molecular complexity index is 366. The molecule has 0 saturated carbocycles. The molecule has 1 aromatic rings. The lowest BCUT2D eigenvalue weighted by Gasteiger charge is -2.06. The molecule has 5 nitrogen and oxygen atoms in total. The minimum atomic E-state index is -0.969. The van der Waals surface area contributed by atoms with Gasteiger partial charge in [0.15, 0.2) is 0 Å². The number of rotatable bonds is 9. The van der Waals surface area contributed by atoms with Gasteiger partial charge in [-0.05, 0) is 12.3 Å². The standard InChI is InChI=1S/C12H20N2O3S/c1-9(2)3-5-17-6-4-13-7-10-8-18-11(14-10)12(15)16/h8-9,13H,3-7H2,1-2H3,(H,15,16). The number of nitrogens with one attached hydrogen (secondary N) is 1. The van der Waals surface area contributed by atoms with Gasteiger partial charge in [0.2, 0.25) is 5.01 Å². The highest BCUT2D eigenvalue weighted by atomic mass is 32.1. The summed E-state index contributed by atoms with van der Waals surface area (Å²) in [6.07, 6.45) is 1.08. The molecule has 0 unspecified atom stereocenters. The number of thiazole rings is 1. The maximum atomic E-state index is 10.6. The summed E-state index contributed by atoms with van der Waals surface area (Å²) in [6.45, 7) is 7.13. The summed E-state index contributed by atoms with van der Waals surface area (Å²) in [5.74, 6) is -0.300. The maximum Gasteiger partial charge on any atom is 0.365 e. The van der Waals surface area contributed by atoms with Gasteiger partial charge in [0, 0.05) is 25.1 Å². The Kier molecular flexibility index (Phi) is 6.85. The van der Waals surface area contributed by atoms with Gasteiger partial charge < -0.3 is 15.2 Å². The number of aromatic carboxylic acids is 1. The molecule has 6 heteroatoms. The van der Waals surface area contributed by atoms with Crippen LogP contribution in [0, 0.1) is 5.92 Å². The zero-order valence-electron chi connectivity index (χ0n) is 10.8. The largest absolute Gasteiger partial charge is 0.476 e. The van der Waals surface area contributed by atoms with E-state index in [0.717, 1.165) is 36.6 Å². The number of nitrogens with zero attached hydrogens (tertiary/aromatic N) is 1. The van der Waals surface area contributed by atoms with Crippen LogP contribution >= 0.6 is 11.3 Å². The summed E-state index contributed by atoms with van der Waals surface area (Å²) in [5, 5.41) is 13.8. The van der Waals surface area contributed by atoms with Crippen LogP contribution in [0.3, 0.4) is 0 Å². The summed E-state index contributed by atoms with van der Waals surface area (Å²) in [6, 6.07) is 0. The van der Waals surface area contributed by atoms with Crippen LogP contribution in [-0.2, 0) is 11.3 Å². The predicted octanol–water partition coefficient (Wildman–Crippen LogP) is 1.99. The Morgan fingerprint density at radius 3 is 2.94 bits per heavy atom. The Morgan fingerprint density at radius 1 is 1.56 bits per heavy atom. The van der Waals surface area contributed by atoms with E-state index in [0.29, 0.717) is 19.1 Å². The molecule has 1 aromatic heterocycles. The molecule has 0 amide bonds. The van der Waals surface area contributed by atoms with E-state index < -0.39 is 5.97 Å². The smallest absolute Gasteiger partial charge is 0.365 e. The third-order valence-corrected chi connectivity index (χ3v) is 3.18. The van der Waals surface area contributed by atoms with E-state index in [4.69, 9.17) is 9.84 Å². The average molecular weight is 272 g/mol. The first-order valence-electron chi connectivity index (χ1n) is 6.05. The average Bonchev–Trinajstić information content (AvgIpc) is 2.76. The topological polar surface area (TPSA) is 71.5 Å². The number of carboxylic acid groups (broad SMARTS) is 1. The minimum absolute atomic E-state index is 0.139. The van der Waals surface area contributed by atoms with E-state index in [1.54, 1.807) is 5.38 Å². The fourth-order valence-corrected chi connectivity index (χ4v) is 1.92. The van der Waals surface area contributed by atoms with Gasteiger partial charge in [-0.25, -0.2) is 9.78 Å². The normalized spacial score (nSPS) is 11.1. The van der Waals surface area contributed by atoms with Crippen molar-refractivity contribution in [1.82, 2.24) is 10.3 Å². The maximum absolute atomic E-state index is 10.6. The van der Waals surface area contributed by atoms with E-state index in [1.807, 2.05) is 0 Å². The van der Waals surface area contributed by atoms with Crippen LogP contribution in [0.5, 0.6) is 0 Å². The first kappa shape index (κ1) is 15.1. The summed E-state index contributed by atoms with van der Waals surface area (Å²) >= 11 is 1.15. The van der Waals surface area contributed by atoms with Crippen molar-refractivity contribution < 1.29 is 14.6 Å². The highest BCUT2D eigenvalue weighted by Crippen LogP contribution is 2.08. The molecule has 0 aliphatic heterocycles. The van der Waals surface area contributed by atoms with Gasteiger partial charge in [-0.2, -0.15) is 0 Å². The highest BCUT2D eigenvalue weighted by Gasteiger charge is 2.07. The molecule has 0 aliphatic carbocycles. The van der Waals surface area contributed by atoms with Gasteiger partial charge in [0.25, 0.3) is 0 Å². The number of ether oxygens (including phenoxy) is 1. The molecule has 0 aliphatic rings. The van der Waals surface area contributed by atoms with Crippen molar-refractivity contribution in [2.24, 2.45) is 5.92 Å². The van der Waals surface area contributed by atoms with E-state index in [9.17, 15) is 4.79 Å². The molecular formula is C12H20N2O3S. The molecule has 0 spiro atoms. The van der Waals surface area contributed by atoms with Gasteiger partial charge in [-0.15, -0.1) is 11.3 Å². The Labute approximate surface area is 111 Å². The van der Waals surface area contributed by atoms with Crippen LogP contribution in [0.25, 0.3) is 0 Å². The molecule has 0 bridgehead atoms. The number of hydrogen-bond donors (Lipinski definition) is 2. The van der Waals surface area contributed by atoms with Gasteiger partial charge in [0.1, 0.15) is 0 Å². The van der Waals surface area contributed by atoms with Crippen LogP contribution in [0.2, 0.25) is 0 Å². The van der Waals surface area contributed by atoms with Crippen LogP contribution in [-0.4, -0.2) is 35.8 Å². The number of aromatic nitrogens is 1. The molecule has 2 N–H and O–H groups in total. The number of carbonyl (C=O) groups is 1. The van der Waals surface area contributed by atoms with Crippen molar-refractivity contribution in [3.63, 3.8) is 0 Å². The van der Waals surface area contributed by atoms with E-state index in [1.165, 1.54) is 0 Å². The molecule has 0 atom stereocenters. The van der Waals surface area contributed by atoms with E-state index in [-0.39, 0.29) is 5.01 Å². The van der Waals surface area contributed by atoms with Gasteiger partial charge in [-0.1, -0.05) is 13.8 Å². The monoisotopic (exact) mass is 272 g/mol. The molecule has 1 rings (SSSR count). The lowest BCUT2D eigenvalue weighted by Crippen LogP contribution is -2.20. The van der Waals surface area contributed by atoms with E-state index in [2.05, 4.69) is 24.1 Å². The molecule has 102 valence electrons. The number of carboxylic acids is 1. The van der Waals surface area contributed by atoms with Crippen molar-refractivity contribution in [1.29, 1.82) is 0 Å². The van der Waals surface area contributed by atoms with Gasteiger partial charge >= 0.3 is 5.97 Å². The van der Waals surface area contributed by atoms with Crippen molar-refractivity contribution in [2.45, 2.75) is 26.8 Å². The molecule has 0 saturated heterocycles. The van der Waals surface area contributed by atoms with Crippen LogP contribution in [0.4, 0.5) is 0 Å². The summed E-state index contributed by atoms with van der Waals surface area (Å²) in [4.78, 5) is 14.6. The summed E-state index contributed by atoms with van der Waals surface area (Å²) in [5.41, 5.74) is 0.764. The highest BCUT2D eigenvalue weighted by molar-refractivity contribution is 7.11. The lowest BCUT2D eigenvalue weighted by atomic mass is 10.1. The zero-order chi connectivity index (χ0) is 13.4. The van der Waals surface area contributed by atoms with Crippen molar-refractivity contribution in [3.05, 3.63) is 16.1 Å². The lowest BCUT2D eigenvalue weighted by molar-refractivity contribution is 0.0696. The molecule has 0 radical (unpaired) electrons. The molecule has 0 fully saturated rings. The van der Waals surface area contributed by atoms with Gasteiger partial charge in [0.05, 0.1) is 12.3 Å². The third kappa shape index (κ3) is 6.09. The molecule has 0 aromatic carbocycles. The van der Waals surface area contributed by atoms with Crippen LogP contribution < -0.4 is 5.32 Å². The minimum Gasteiger partial charge on any atom is -0.476 e. The Morgan fingerprint density at radius 2 is 2.33 bits per heavy atom. The third-order valence-electron chi connectivity index (χ3n) is 2.30. The van der Waals surface area contributed by atoms with Crippen LogP contribution in [0.15, 0.2) is 5.38 Å². The second kappa shape index (κ2) is 8.18.